The maximum absolute atomic E-state index is 13.6. The number of amides is 2. The van der Waals surface area contributed by atoms with Gasteiger partial charge in [-0.15, -0.1) is 0 Å². The third kappa shape index (κ3) is 3.57. The smallest absolute Gasteiger partial charge is 0.318 e. The molecule has 4 nitrogen and oxygen atoms in total. The van der Waals surface area contributed by atoms with Crippen molar-refractivity contribution in [2.24, 2.45) is 0 Å². The van der Waals surface area contributed by atoms with Gasteiger partial charge in [0.05, 0.1) is 23.3 Å². The molecule has 0 radical (unpaired) electrons. The Kier molecular flexibility index (Phi) is 4.96. The standard InChI is InChI=1S/C25H19ClFN3O/c26-20-15-19(12-13-21(20)27)28-25(31)30-16-18-9-4-5-10-22(18)29-14-6-11-23(29)24(30)17-7-2-1-3-8-17/h1-15,24H,16H2,(H,28,31). The zero-order valence-electron chi connectivity index (χ0n) is 16.5. The van der Waals surface area contributed by atoms with Crippen LogP contribution in [-0.2, 0) is 6.54 Å². The molecule has 1 aromatic heterocycles. The van der Waals surface area contributed by atoms with E-state index in [1.54, 1.807) is 4.90 Å². The average molecular weight is 432 g/mol. The number of hydrogen-bond donors (Lipinski definition) is 1. The minimum atomic E-state index is -0.525. The summed E-state index contributed by atoms with van der Waals surface area (Å²) < 4.78 is 15.7. The number of nitrogens with zero attached hydrogens (tertiary/aromatic N) is 2. The first kappa shape index (κ1) is 19.4. The molecular weight excluding hydrogens is 413 g/mol. The fourth-order valence-corrected chi connectivity index (χ4v) is 4.28. The van der Waals surface area contributed by atoms with Gasteiger partial charge in [-0.1, -0.05) is 60.1 Å². The first-order valence-corrected chi connectivity index (χ1v) is 10.3. The summed E-state index contributed by atoms with van der Waals surface area (Å²) >= 11 is 5.91. The number of fused-ring (bicyclic) bond motifs is 3. The number of para-hydroxylation sites is 1. The van der Waals surface area contributed by atoms with Gasteiger partial charge in [0.25, 0.3) is 0 Å². The van der Waals surface area contributed by atoms with Crippen molar-refractivity contribution in [3.8, 4) is 5.69 Å². The Morgan fingerprint density at radius 2 is 1.74 bits per heavy atom. The van der Waals surface area contributed by atoms with E-state index < -0.39 is 5.82 Å². The highest BCUT2D eigenvalue weighted by atomic mass is 35.5. The van der Waals surface area contributed by atoms with Crippen LogP contribution in [0.3, 0.4) is 0 Å². The Morgan fingerprint density at radius 3 is 2.55 bits per heavy atom. The number of halogens is 2. The first-order valence-electron chi connectivity index (χ1n) is 9.95. The SMILES string of the molecule is O=C(Nc1ccc(F)c(Cl)c1)N1Cc2ccccc2-n2cccc2C1c1ccccc1. The number of hydrogen-bond acceptors (Lipinski definition) is 1. The molecule has 1 atom stereocenters. The predicted molar refractivity (Wildman–Crippen MR) is 120 cm³/mol. The van der Waals surface area contributed by atoms with Crippen molar-refractivity contribution in [2.45, 2.75) is 12.6 Å². The van der Waals surface area contributed by atoms with Crippen molar-refractivity contribution in [1.82, 2.24) is 9.47 Å². The highest BCUT2D eigenvalue weighted by Crippen LogP contribution is 2.37. The number of rotatable bonds is 2. The minimum Gasteiger partial charge on any atom is -0.318 e. The van der Waals surface area contributed by atoms with E-state index in [2.05, 4.69) is 16.0 Å². The van der Waals surface area contributed by atoms with Gasteiger partial charge in [0.1, 0.15) is 5.82 Å². The van der Waals surface area contributed by atoms with Gasteiger partial charge in [-0.2, -0.15) is 0 Å². The normalized spacial score (nSPS) is 15.0. The Morgan fingerprint density at radius 1 is 0.968 bits per heavy atom. The number of carbonyl (C=O) groups excluding carboxylic acids is 1. The van der Waals surface area contributed by atoms with Gasteiger partial charge < -0.3 is 14.8 Å². The van der Waals surface area contributed by atoms with Crippen LogP contribution in [0.1, 0.15) is 22.9 Å². The maximum atomic E-state index is 13.6. The minimum absolute atomic E-state index is 0.0347. The number of urea groups is 1. The Balaban J connectivity index is 1.61. The maximum Gasteiger partial charge on any atom is 0.322 e. The van der Waals surface area contributed by atoms with Gasteiger partial charge >= 0.3 is 6.03 Å². The second-order valence-corrected chi connectivity index (χ2v) is 7.84. The second kappa shape index (κ2) is 7.93. The van der Waals surface area contributed by atoms with Gasteiger partial charge in [0.2, 0.25) is 0 Å². The van der Waals surface area contributed by atoms with E-state index in [-0.39, 0.29) is 17.1 Å². The fraction of sp³-hybridized carbons (Fsp3) is 0.0800. The lowest BCUT2D eigenvalue weighted by atomic mass is 10.0. The lowest BCUT2D eigenvalue weighted by Gasteiger charge is -2.31. The van der Waals surface area contributed by atoms with E-state index in [1.807, 2.05) is 66.9 Å². The van der Waals surface area contributed by atoms with Crippen molar-refractivity contribution in [3.63, 3.8) is 0 Å². The molecule has 154 valence electrons. The predicted octanol–water partition coefficient (Wildman–Crippen LogP) is 6.41. The largest absolute Gasteiger partial charge is 0.322 e. The van der Waals surface area contributed by atoms with Crippen molar-refractivity contribution >= 4 is 23.3 Å². The highest BCUT2D eigenvalue weighted by molar-refractivity contribution is 6.31. The molecule has 3 aromatic carbocycles. The summed E-state index contributed by atoms with van der Waals surface area (Å²) in [5, 5.41) is 2.85. The van der Waals surface area contributed by atoms with Gasteiger partial charge in [-0.05, 0) is 47.5 Å². The van der Waals surface area contributed by atoms with Gasteiger partial charge in [0.15, 0.2) is 0 Å². The molecule has 5 rings (SSSR count). The molecule has 0 spiro atoms. The molecule has 1 N–H and O–H groups in total. The van der Waals surface area contributed by atoms with Crippen LogP contribution in [0.4, 0.5) is 14.9 Å². The summed E-state index contributed by atoms with van der Waals surface area (Å²) in [5.41, 5.74) is 4.51. The molecule has 1 aliphatic heterocycles. The van der Waals surface area contributed by atoms with Gasteiger partial charge in [-0.3, -0.25) is 0 Å². The van der Waals surface area contributed by atoms with Crippen molar-refractivity contribution in [3.05, 3.63) is 119 Å². The summed E-state index contributed by atoms with van der Waals surface area (Å²) in [4.78, 5) is 15.3. The van der Waals surface area contributed by atoms with Crippen LogP contribution in [-0.4, -0.2) is 15.5 Å². The van der Waals surface area contributed by atoms with E-state index in [0.717, 1.165) is 22.5 Å². The van der Waals surface area contributed by atoms with Crippen molar-refractivity contribution in [2.75, 3.05) is 5.32 Å². The zero-order valence-corrected chi connectivity index (χ0v) is 17.3. The lowest BCUT2D eigenvalue weighted by molar-refractivity contribution is 0.194. The van der Waals surface area contributed by atoms with Crippen LogP contribution in [0.5, 0.6) is 0 Å². The zero-order chi connectivity index (χ0) is 21.4. The number of nitrogens with one attached hydrogen (secondary N) is 1. The number of benzene rings is 3. The molecule has 31 heavy (non-hydrogen) atoms. The van der Waals surface area contributed by atoms with E-state index in [1.165, 1.54) is 18.2 Å². The fourth-order valence-electron chi connectivity index (χ4n) is 4.09. The van der Waals surface area contributed by atoms with Crippen molar-refractivity contribution in [1.29, 1.82) is 0 Å². The monoisotopic (exact) mass is 431 g/mol. The van der Waals surface area contributed by atoms with Crippen LogP contribution in [0, 0.1) is 5.82 Å². The molecule has 0 saturated heterocycles. The number of carbonyl (C=O) groups is 1. The molecule has 1 unspecified atom stereocenters. The summed E-state index contributed by atoms with van der Waals surface area (Å²) in [6, 6.07) is 25.6. The van der Waals surface area contributed by atoms with Crippen molar-refractivity contribution < 1.29 is 9.18 Å². The van der Waals surface area contributed by atoms with Crippen LogP contribution in [0.2, 0.25) is 5.02 Å². The molecule has 0 bridgehead atoms. The van der Waals surface area contributed by atoms with Gasteiger partial charge in [-0.25, -0.2) is 9.18 Å². The van der Waals surface area contributed by atoms with E-state index >= 15 is 0 Å². The second-order valence-electron chi connectivity index (χ2n) is 7.43. The summed E-state index contributed by atoms with van der Waals surface area (Å²) in [7, 11) is 0. The molecule has 0 fully saturated rings. The molecule has 2 amide bonds. The third-order valence-corrected chi connectivity index (χ3v) is 5.80. The molecule has 0 saturated carbocycles. The topological polar surface area (TPSA) is 37.3 Å². The third-order valence-electron chi connectivity index (χ3n) is 5.51. The summed E-state index contributed by atoms with van der Waals surface area (Å²) in [6.45, 7) is 0.415. The van der Waals surface area contributed by atoms with E-state index in [9.17, 15) is 9.18 Å². The molecule has 6 heteroatoms. The molecule has 1 aliphatic rings. The quantitative estimate of drug-likeness (QED) is 0.391. The van der Waals surface area contributed by atoms with Gasteiger partial charge in [0, 0.05) is 17.6 Å². The lowest BCUT2D eigenvalue weighted by Crippen LogP contribution is -2.37. The summed E-state index contributed by atoms with van der Waals surface area (Å²) in [5.74, 6) is -0.525. The Hall–Kier alpha value is -3.57. The summed E-state index contributed by atoms with van der Waals surface area (Å²) in [6.07, 6.45) is 2.02. The Bertz CT molecular complexity index is 1250. The van der Waals surface area contributed by atoms with Crippen LogP contribution in [0.15, 0.2) is 91.1 Å². The van der Waals surface area contributed by atoms with Crippen LogP contribution >= 0.6 is 11.6 Å². The molecular formula is C25H19ClFN3O. The van der Waals surface area contributed by atoms with E-state index in [0.29, 0.717) is 12.2 Å². The molecule has 0 aliphatic carbocycles. The van der Waals surface area contributed by atoms with Crippen LogP contribution in [0.25, 0.3) is 5.69 Å². The van der Waals surface area contributed by atoms with E-state index in [4.69, 9.17) is 11.6 Å². The molecule has 2 heterocycles. The molecule has 4 aromatic rings. The average Bonchev–Trinajstić information content (AvgIpc) is 3.21. The highest BCUT2D eigenvalue weighted by Gasteiger charge is 2.32. The van der Waals surface area contributed by atoms with Crippen LogP contribution < -0.4 is 5.32 Å². The first-order chi connectivity index (χ1) is 15.1. The number of aromatic nitrogens is 1. The Labute approximate surface area is 184 Å². The number of anilines is 1.